The Morgan fingerprint density at radius 1 is 1.24 bits per heavy atom. The van der Waals surface area contributed by atoms with Gasteiger partial charge in [-0.2, -0.15) is 0 Å². The van der Waals surface area contributed by atoms with Gasteiger partial charge in [-0.1, -0.05) is 36.4 Å². The number of hydrogen-bond donors (Lipinski definition) is 4. The van der Waals surface area contributed by atoms with Gasteiger partial charge < -0.3 is 16.2 Å². The van der Waals surface area contributed by atoms with Crippen molar-refractivity contribution < 1.29 is 9.53 Å². The van der Waals surface area contributed by atoms with Crippen molar-refractivity contribution in [1.29, 1.82) is 10.8 Å². The van der Waals surface area contributed by atoms with Crippen LogP contribution < -0.4 is 16.4 Å². The SMILES string of the molecule is CC(=N)N1C(=N)[C@H](CC(=O)OC(C)(C)C)N=C(c2ccc(/C=C/CN=C(N)N)cc2)c2c1sc(C)c2C. The van der Waals surface area contributed by atoms with Gasteiger partial charge in [0.15, 0.2) is 5.96 Å². The standard InChI is InChI=1S/C27H35N7O2S/c1-15-16(2)37-25-22(15)23(19-11-9-18(10-12-19)8-7-13-32-26(30)31)33-20(24(29)34(25)17(3)28)14-21(35)36-27(4,5)6/h7-12,20,28-29H,13-14H2,1-6H3,(H4,30,31,32)/b8-7+,28-17?,29-24?/t20-/m0/s1. The lowest BCUT2D eigenvalue weighted by Gasteiger charge is -2.25. The molecule has 10 heteroatoms. The Morgan fingerprint density at radius 3 is 2.46 bits per heavy atom. The molecule has 0 amide bonds. The average Bonchev–Trinajstić information content (AvgIpc) is 3.00. The summed E-state index contributed by atoms with van der Waals surface area (Å²) in [6.07, 6.45) is 3.70. The van der Waals surface area contributed by atoms with Crippen LogP contribution in [0.25, 0.3) is 6.08 Å². The average molecular weight is 522 g/mol. The van der Waals surface area contributed by atoms with Crippen molar-refractivity contribution in [2.45, 2.75) is 59.6 Å². The zero-order valence-corrected chi connectivity index (χ0v) is 23.0. The van der Waals surface area contributed by atoms with Gasteiger partial charge >= 0.3 is 5.97 Å². The third-order valence-electron chi connectivity index (χ3n) is 5.64. The number of benzene rings is 1. The van der Waals surface area contributed by atoms with E-state index in [0.29, 0.717) is 12.3 Å². The quantitative estimate of drug-likeness (QED) is 0.252. The number of anilines is 1. The second kappa shape index (κ2) is 11.1. The summed E-state index contributed by atoms with van der Waals surface area (Å²) in [4.78, 5) is 24.3. The number of aliphatic imine (C=N–C) groups is 2. The molecule has 0 saturated carbocycles. The highest BCUT2D eigenvalue weighted by atomic mass is 32.1. The van der Waals surface area contributed by atoms with E-state index in [9.17, 15) is 4.79 Å². The number of carbonyl (C=O) groups excluding carboxylic acids is 1. The fraction of sp³-hybridized carbons (Fsp3) is 0.370. The van der Waals surface area contributed by atoms with Crippen molar-refractivity contribution in [2.75, 3.05) is 11.4 Å². The minimum atomic E-state index is -0.802. The second-order valence-corrected chi connectivity index (χ2v) is 11.0. The van der Waals surface area contributed by atoms with Gasteiger partial charge in [-0.05, 0) is 52.7 Å². The Kier molecular flexibility index (Phi) is 8.32. The number of guanidine groups is 1. The maximum atomic E-state index is 12.8. The van der Waals surface area contributed by atoms with Crippen molar-refractivity contribution in [3.05, 3.63) is 57.5 Å². The zero-order valence-electron chi connectivity index (χ0n) is 22.2. The maximum absolute atomic E-state index is 12.8. The number of rotatable bonds is 6. The molecular formula is C27H35N7O2S. The van der Waals surface area contributed by atoms with Gasteiger partial charge in [0, 0.05) is 16.0 Å². The molecule has 1 atom stereocenters. The Bertz CT molecular complexity index is 1290. The first-order valence-electron chi connectivity index (χ1n) is 11.9. The van der Waals surface area contributed by atoms with Crippen LogP contribution >= 0.6 is 11.3 Å². The van der Waals surface area contributed by atoms with Crippen molar-refractivity contribution in [3.63, 3.8) is 0 Å². The van der Waals surface area contributed by atoms with Crippen molar-refractivity contribution in [1.82, 2.24) is 0 Å². The lowest BCUT2D eigenvalue weighted by molar-refractivity contribution is -0.154. The van der Waals surface area contributed by atoms with E-state index in [1.165, 1.54) is 11.3 Å². The fourth-order valence-electron chi connectivity index (χ4n) is 3.92. The lowest BCUT2D eigenvalue weighted by Crippen LogP contribution is -2.41. The maximum Gasteiger partial charge on any atom is 0.308 e. The number of thiophene rings is 1. The summed E-state index contributed by atoms with van der Waals surface area (Å²) in [7, 11) is 0. The molecule has 196 valence electrons. The highest BCUT2D eigenvalue weighted by Crippen LogP contribution is 2.40. The molecule has 1 aromatic heterocycles. The molecule has 9 nitrogen and oxygen atoms in total. The van der Waals surface area contributed by atoms with Crippen LogP contribution in [0.1, 0.15) is 61.2 Å². The Labute approximate surface area is 222 Å². The summed E-state index contributed by atoms with van der Waals surface area (Å²) in [5.74, 6) is -0.119. The normalized spacial score (nSPS) is 15.7. The largest absolute Gasteiger partial charge is 0.460 e. The summed E-state index contributed by atoms with van der Waals surface area (Å²) < 4.78 is 5.54. The number of nitrogens with zero attached hydrogens (tertiary/aromatic N) is 3. The second-order valence-electron chi connectivity index (χ2n) is 9.84. The zero-order chi connectivity index (χ0) is 27.5. The first-order chi connectivity index (χ1) is 17.3. The number of hydrogen-bond acceptors (Lipinski definition) is 7. The van der Waals surface area contributed by atoms with E-state index >= 15 is 0 Å². The van der Waals surface area contributed by atoms with Crippen molar-refractivity contribution in [3.8, 4) is 0 Å². The molecule has 0 fully saturated rings. The van der Waals surface area contributed by atoms with Gasteiger partial charge in [-0.3, -0.25) is 25.5 Å². The third kappa shape index (κ3) is 6.71. The molecule has 0 unspecified atom stereocenters. The summed E-state index contributed by atoms with van der Waals surface area (Å²) >= 11 is 1.52. The molecule has 0 aliphatic carbocycles. The number of aryl methyl sites for hydroxylation is 1. The third-order valence-corrected chi connectivity index (χ3v) is 6.83. The predicted octanol–water partition coefficient (Wildman–Crippen LogP) is 4.38. The molecule has 37 heavy (non-hydrogen) atoms. The predicted molar refractivity (Wildman–Crippen MR) is 153 cm³/mol. The van der Waals surface area contributed by atoms with Crippen LogP contribution in [-0.4, -0.2) is 47.5 Å². The molecule has 1 aliphatic rings. The van der Waals surface area contributed by atoms with Crippen LogP contribution in [0.4, 0.5) is 5.00 Å². The molecule has 2 aromatic rings. The Morgan fingerprint density at radius 2 is 1.89 bits per heavy atom. The first kappa shape index (κ1) is 27.8. The summed E-state index contributed by atoms with van der Waals surface area (Å²) in [6.45, 7) is 11.5. The van der Waals surface area contributed by atoms with Gasteiger partial charge in [-0.15, -0.1) is 11.3 Å². The fourth-order valence-corrected chi connectivity index (χ4v) is 5.14. The van der Waals surface area contributed by atoms with Crippen LogP contribution in [0.5, 0.6) is 0 Å². The van der Waals surface area contributed by atoms with E-state index in [4.69, 9.17) is 32.0 Å². The van der Waals surface area contributed by atoms with E-state index in [1.807, 2.05) is 71.0 Å². The van der Waals surface area contributed by atoms with Crippen LogP contribution in [0.2, 0.25) is 0 Å². The molecule has 1 aliphatic heterocycles. The summed E-state index contributed by atoms with van der Waals surface area (Å²) in [6, 6.07) is 7.07. The molecule has 3 rings (SSSR count). The first-order valence-corrected chi connectivity index (χ1v) is 12.8. The van der Waals surface area contributed by atoms with Gasteiger partial charge in [0.2, 0.25) is 0 Å². The molecule has 0 radical (unpaired) electrons. The monoisotopic (exact) mass is 521 g/mol. The van der Waals surface area contributed by atoms with Crippen molar-refractivity contribution in [2.24, 2.45) is 21.5 Å². The van der Waals surface area contributed by atoms with Crippen LogP contribution in [0.3, 0.4) is 0 Å². The van der Waals surface area contributed by atoms with Gasteiger partial charge in [0.1, 0.15) is 28.3 Å². The summed E-state index contributed by atoms with van der Waals surface area (Å²) in [5.41, 5.74) is 14.5. The Balaban J connectivity index is 2.09. The Hall–Kier alpha value is -3.79. The van der Waals surface area contributed by atoms with E-state index < -0.39 is 17.6 Å². The van der Waals surface area contributed by atoms with E-state index in [0.717, 1.165) is 32.1 Å². The lowest BCUT2D eigenvalue weighted by atomic mass is 9.98. The highest BCUT2D eigenvalue weighted by molar-refractivity contribution is 7.17. The number of nitrogens with two attached hydrogens (primary N) is 2. The molecule has 1 aromatic carbocycles. The van der Waals surface area contributed by atoms with Gasteiger partial charge in [0.05, 0.1) is 18.7 Å². The number of ether oxygens (including phenoxy) is 1. The molecule has 2 heterocycles. The van der Waals surface area contributed by atoms with Crippen LogP contribution in [-0.2, 0) is 9.53 Å². The molecular weight excluding hydrogens is 486 g/mol. The molecule has 0 bridgehead atoms. The van der Waals surface area contributed by atoms with E-state index in [-0.39, 0.29) is 24.1 Å². The minimum Gasteiger partial charge on any atom is -0.460 e. The van der Waals surface area contributed by atoms with Gasteiger partial charge in [0.25, 0.3) is 0 Å². The highest BCUT2D eigenvalue weighted by Gasteiger charge is 2.35. The van der Waals surface area contributed by atoms with E-state index in [2.05, 4.69) is 4.99 Å². The number of esters is 1. The van der Waals surface area contributed by atoms with Crippen LogP contribution in [0.15, 0.2) is 40.3 Å². The van der Waals surface area contributed by atoms with Gasteiger partial charge in [-0.25, -0.2) is 4.99 Å². The van der Waals surface area contributed by atoms with Crippen molar-refractivity contribution >= 4 is 51.7 Å². The minimum absolute atomic E-state index is 0.0457. The number of amidine groups is 2. The number of fused-ring (bicyclic) bond motifs is 1. The van der Waals surface area contributed by atoms with E-state index in [1.54, 1.807) is 11.8 Å². The summed E-state index contributed by atoms with van der Waals surface area (Å²) in [5, 5.41) is 18.2. The smallest absolute Gasteiger partial charge is 0.308 e. The molecule has 6 N–H and O–H groups in total. The molecule has 0 spiro atoms. The van der Waals surface area contributed by atoms with Crippen LogP contribution in [0, 0.1) is 24.7 Å². The molecule has 0 saturated heterocycles. The number of carbonyl (C=O) groups is 1. The topological polar surface area (TPSA) is 154 Å². The number of nitrogens with one attached hydrogen (secondary N) is 2.